The lowest BCUT2D eigenvalue weighted by Gasteiger charge is -2.12. The van der Waals surface area contributed by atoms with E-state index < -0.39 is 0 Å². The largest absolute Gasteiger partial charge is 0.296 e. The number of para-hydroxylation sites is 2. The molecule has 0 spiro atoms. The van der Waals surface area contributed by atoms with Crippen molar-refractivity contribution < 1.29 is 0 Å². The van der Waals surface area contributed by atoms with Gasteiger partial charge in [0, 0.05) is 13.0 Å². The van der Waals surface area contributed by atoms with Crippen LogP contribution in [0.1, 0.15) is 45.4 Å². The summed E-state index contributed by atoms with van der Waals surface area (Å²) in [7, 11) is 0. The summed E-state index contributed by atoms with van der Waals surface area (Å²) >= 11 is 12.5. The first-order valence-corrected chi connectivity index (χ1v) is 12.4. The van der Waals surface area contributed by atoms with Gasteiger partial charge in [-0.15, -0.1) is 0 Å². The molecule has 0 aliphatic heterocycles. The van der Waals surface area contributed by atoms with Crippen LogP contribution in [0, 0.1) is 0 Å². The Balaban J connectivity index is 1.86. The van der Waals surface area contributed by atoms with E-state index in [-0.39, 0.29) is 5.56 Å². The number of fused-ring (bicyclic) bond motifs is 4. The first kappa shape index (κ1) is 22.8. The molecular weight excluding hydrogens is 469 g/mol. The van der Waals surface area contributed by atoms with E-state index in [1.54, 1.807) is 12.1 Å². The zero-order valence-electron chi connectivity index (χ0n) is 19.2. The molecule has 0 radical (unpaired) electrons. The second kappa shape index (κ2) is 9.35. The van der Waals surface area contributed by atoms with Crippen molar-refractivity contribution in [2.45, 2.75) is 52.5 Å². The Morgan fingerprint density at radius 3 is 2.32 bits per heavy atom. The van der Waals surface area contributed by atoms with Gasteiger partial charge in [-0.1, -0.05) is 68.4 Å². The minimum absolute atomic E-state index is 0.0771. The van der Waals surface area contributed by atoms with Crippen LogP contribution in [0.4, 0.5) is 0 Å². The van der Waals surface area contributed by atoms with Gasteiger partial charge in [-0.05, 0) is 36.8 Å². The Labute approximate surface area is 207 Å². The van der Waals surface area contributed by atoms with Crippen molar-refractivity contribution in [3.05, 3.63) is 68.7 Å². The lowest BCUT2D eigenvalue weighted by Crippen LogP contribution is -2.25. The maximum atomic E-state index is 13.9. The maximum Gasteiger partial charge on any atom is 0.265 e. The summed E-state index contributed by atoms with van der Waals surface area (Å²) in [5, 5.41) is 1.36. The van der Waals surface area contributed by atoms with Gasteiger partial charge in [0.15, 0.2) is 11.3 Å². The molecule has 0 aliphatic rings. The topological polar surface area (TPSA) is 65.6 Å². The number of unbranched alkanes of at least 4 members (excludes halogenated alkanes) is 3. The van der Waals surface area contributed by atoms with Crippen LogP contribution < -0.4 is 5.56 Å². The number of benzene rings is 2. The molecule has 0 aliphatic carbocycles. The number of rotatable bonds is 7. The zero-order valence-corrected chi connectivity index (χ0v) is 20.7. The van der Waals surface area contributed by atoms with Crippen LogP contribution in [-0.2, 0) is 13.0 Å². The predicted molar refractivity (Wildman–Crippen MR) is 139 cm³/mol. The molecule has 5 aromatic rings. The van der Waals surface area contributed by atoms with Crippen LogP contribution in [0.3, 0.4) is 0 Å². The van der Waals surface area contributed by atoms with E-state index in [2.05, 4.69) is 6.92 Å². The number of nitrogens with zero attached hydrogens (tertiary/aromatic N) is 5. The quantitative estimate of drug-likeness (QED) is 0.235. The Morgan fingerprint density at radius 1 is 0.853 bits per heavy atom. The molecule has 174 valence electrons. The van der Waals surface area contributed by atoms with Crippen LogP contribution in [0.5, 0.6) is 0 Å². The first-order chi connectivity index (χ1) is 16.5. The van der Waals surface area contributed by atoms with Gasteiger partial charge in [-0.25, -0.2) is 15.0 Å². The Bertz CT molecular complexity index is 1590. The lowest BCUT2D eigenvalue weighted by atomic mass is 10.2. The summed E-state index contributed by atoms with van der Waals surface area (Å²) in [6.07, 6.45) is 4.96. The molecule has 0 saturated carbocycles. The van der Waals surface area contributed by atoms with Crippen molar-refractivity contribution >= 4 is 56.4 Å². The monoisotopic (exact) mass is 493 g/mol. The zero-order chi connectivity index (χ0) is 23.8. The highest BCUT2D eigenvalue weighted by atomic mass is 35.5. The summed E-state index contributed by atoms with van der Waals surface area (Å²) in [5.41, 5.74) is 3.78. The minimum Gasteiger partial charge on any atom is -0.296 e. The molecule has 6 nitrogen and oxygen atoms in total. The minimum atomic E-state index is -0.0771. The van der Waals surface area contributed by atoms with Crippen molar-refractivity contribution in [3.63, 3.8) is 0 Å². The average Bonchev–Trinajstić information content (AvgIpc) is 3.16. The Morgan fingerprint density at radius 2 is 1.62 bits per heavy atom. The fourth-order valence-electron chi connectivity index (χ4n) is 4.44. The number of hydrogen-bond donors (Lipinski definition) is 0. The molecule has 0 saturated heterocycles. The van der Waals surface area contributed by atoms with Crippen LogP contribution in [0.2, 0.25) is 10.0 Å². The molecule has 5 rings (SSSR count). The van der Waals surface area contributed by atoms with E-state index in [4.69, 9.17) is 38.2 Å². The van der Waals surface area contributed by atoms with Gasteiger partial charge in [0.05, 0.1) is 26.8 Å². The van der Waals surface area contributed by atoms with Gasteiger partial charge in [-0.3, -0.25) is 13.9 Å². The predicted octanol–water partition coefficient (Wildman–Crippen LogP) is 6.73. The molecular formula is C26H25Cl2N5O. The van der Waals surface area contributed by atoms with Crippen molar-refractivity contribution in [2.24, 2.45) is 0 Å². The maximum absolute atomic E-state index is 13.9. The van der Waals surface area contributed by atoms with Crippen molar-refractivity contribution in [3.8, 4) is 5.69 Å². The van der Waals surface area contributed by atoms with E-state index in [0.717, 1.165) is 48.2 Å². The molecule has 0 amide bonds. The summed E-state index contributed by atoms with van der Waals surface area (Å²) < 4.78 is 3.68. The number of aromatic nitrogens is 5. The lowest BCUT2D eigenvalue weighted by molar-refractivity contribution is 0.548. The molecule has 8 heteroatoms. The van der Waals surface area contributed by atoms with Gasteiger partial charge in [0.1, 0.15) is 16.7 Å². The Hall–Kier alpha value is -2.96. The first-order valence-electron chi connectivity index (χ1n) is 11.7. The molecule has 0 bridgehead atoms. The highest BCUT2D eigenvalue weighted by Crippen LogP contribution is 2.31. The van der Waals surface area contributed by atoms with Gasteiger partial charge in [0.2, 0.25) is 0 Å². The average molecular weight is 494 g/mol. The van der Waals surface area contributed by atoms with E-state index in [0.29, 0.717) is 45.2 Å². The smallest absolute Gasteiger partial charge is 0.265 e. The molecule has 0 N–H and O–H groups in total. The summed E-state index contributed by atoms with van der Waals surface area (Å²) in [4.78, 5) is 28.6. The van der Waals surface area contributed by atoms with E-state index in [1.165, 1.54) is 0 Å². The Kier molecular flexibility index (Phi) is 6.28. The van der Waals surface area contributed by atoms with Crippen molar-refractivity contribution in [1.29, 1.82) is 0 Å². The molecule has 3 heterocycles. The third kappa shape index (κ3) is 3.85. The van der Waals surface area contributed by atoms with E-state index in [1.807, 2.05) is 46.4 Å². The SMILES string of the molecule is CCCCCCn1c(CC)nc2c(c1=O)c1nc3ccccc3nc1n2-c1ccc(Cl)c(Cl)c1. The normalized spacial score (nSPS) is 11.8. The molecule has 34 heavy (non-hydrogen) atoms. The molecule has 0 unspecified atom stereocenters. The number of aryl methyl sites for hydroxylation is 1. The fraction of sp³-hybridized carbons (Fsp3) is 0.308. The highest BCUT2D eigenvalue weighted by molar-refractivity contribution is 6.42. The molecule has 2 aromatic carbocycles. The van der Waals surface area contributed by atoms with Gasteiger partial charge in [0.25, 0.3) is 5.56 Å². The van der Waals surface area contributed by atoms with Crippen LogP contribution in [0.25, 0.3) is 38.9 Å². The van der Waals surface area contributed by atoms with Crippen LogP contribution >= 0.6 is 23.2 Å². The number of hydrogen-bond acceptors (Lipinski definition) is 4. The van der Waals surface area contributed by atoms with E-state index >= 15 is 0 Å². The summed E-state index contributed by atoms with van der Waals surface area (Å²) in [5.74, 6) is 0.752. The second-order valence-corrected chi connectivity index (χ2v) is 9.23. The molecule has 3 aromatic heterocycles. The van der Waals surface area contributed by atoms with Gasteiger partial charge in [-0.2, -0.15) is 0 Å². The summed E-state index contributed by atoms with van der Waals surface area (Å²) in [6, 6.07) is 13.0. The number of halogens is 2. The third-order valence-electron chi connectivity index (χ3n) is 6.15. The van der Waals surface area contributed by atoms with Gasteiger partial charge < -0.3 is 0 Å². The van der Waals surface area contributed by atoms with Crippen molar-refractivity contribution in [1.82, 2.24) is 24.1 Å². The highest BCUT2D eigenvalue weighted by Gasteiger charge is 2.23. The standard InChI is InChI=1S/C26H25Cl2N5O/c1-3-5-6-9-14-32-21(4-2)31-24-22(26(32)34)23-25(30-20-11-8-7-10-19(20)29-23)33(24)16-12-13-17(27)18(28)15-16/h7-8,10-13,15H,3-6,9,14H2,1-2H3. The van der Waals surface area contributed by atoms with Gasteiger partial charge >= 0.3 is 0 Å². The van der Waals surface area contributed by atoms with Crippen LogP contribution in [-0.4, -0.2) is 24.1 Å². The second-order valence-electron chi connectivity index (χ2n) is 8.42. The fourth-order valence-corrected chi connectivity index (χ4v) is 4.73. The summed E-state index contributed by atoms with van der Waals surface area (Å²) in [6.45, 7) is 4.84. The third-order valence-corrected chi connectivity index (χ3v) is 6.89. The molecule has 0 atom stereocenters. The molecule has 0 fully saturated rings. The van der Waals surface area contributed by atoms with Crippen LogP contribution in [0.15, 0.2) is 47.3 Å². The van der Waals surface area contributed by atoms with E-state index in [9.17, 15) is 4.79 Å². The van der Waals surface area contributed by atoms with Crippen molar-refractivity contribution in [2.75, 3.05) is 0 Å².